The van der Waals surface area contributed by atoms with Crippen molar-refractivity contribution in [3.8, 4) is 0 Å². The van der Waals surface area contributed by atoms with Crippen LogP contribution in [0.2, 0.25) is 0 Å². The predicted molar refractivity (Wildman–Crippen MR) is 69.1 cm³/mol. The third kappa shape index (κ3) is 5.86. The second-order valence-corrected chi connectivity index (χ2v) is 4.34. The van der Waals surface area contributed by atoms with Crippen molar-refractivity contribution in [1.82, 2.24) is 10.2 Å². The van der Waals surface area contributed by atoms with Gasteiger partial charge in [0.05, 0.1) is 12.3 Å². The van der Waals surface area contributed by atoms with Crippen LogP contribution in [-0.2, 0) is 4.74 Å². The van der Waals surface area contributed by atoms with Crippen molar-refractivity contribution in [2.45, 2.75) is 19.4 Å². The van der Waals surface area contributed by atoms with Crippen LogP contribution in [0.5, 0.6) is 0 Å². The largest absolute Gasteiger partial charge is 0.468 e. The van der Waals surface area contributed by atoms with Gasteiger partial charge >= 0.3 is 0 Å². The Morgan fingerprint density at radius 3 is 2.94 bits per heavy atom. The first-order valence-electron chi connectivity index (χ1n) is 6.18. The fourth-order valence-electron chi connectivity index (χ4n) is 1.70. The van der Waals surface area contributed by atoms with Crippen molar-refractivity contribution in [2.75, 3.05) is 40.4 Å². The van der Waals surface area contributed by atoms with E-state index in [1.165, 1.54) is 0 Å². The Morgan fingerprint density at radius 2 is 2.29 bits per heavy atom. The van der Waals surface area contributed by atoms with Crippen LogP contribution in [0.1, 0.15) is 25.1 Å². The maximum Gasteiger partial charge on any atom is 0.120 e. The quantitative estimate of drug-likeness (QED) is 0.669. The van der Waals surface area contributed by atoms with Gasteiger partial charge in [-0.2, -0.15) is 0 Å². The molecule has 1 atom stereocenters. The first-order valence-corrected chi connectivity index (χ1v) is 6.18. The summed E-state index contributed by atoms with van der Waals surface area (Å²) in [6, 6.07) is 4.20. The molecule has 1 aromatic rings. The van der Waals surface area contributed by atoms with E-state index in [1.54, 1.807) is 13.4 Å². The van der Waals surface area contributed by atoms with E-state index in [0.717, 1.165) is 38.4 Å². The summed E-state index contributed by atoms with van der Waals surface area (Å²) in [5, 5.41) is 3.44. The maximum absolute atomic E-state index is 5.34. The van der Waals surface area contributed by atoms with Gasteiger partial charge in [0.25, 0.3) is 0 Å². The van der Waals surface area contributed by atoms with Gasteiger partial charge in [-0.1, -0.05) is 0 Å². The zero-order valence-corrected chi connectivity index (χ0v) is 11.1. The van der Waals surface area contributed by atoms with E-state index in [0.29, 0.717) is 0 Å². The minimum absolute atomic E-state index is 0.275. The summed E-state index contributed by atoms with van der Waals surface area (Å²) < 4.78 is 10.4. The number of likely N-dealkylation sites (N-methyl/N-ethyl adjacent to an activating group) is 1. The van der Waals surface area contributed by atoms with E-state index in [-0.39, 0.29) is 6.04 Å². The molecule has 0 radical (unpaired) electrons. The molecule has 4 heteroatoms. The second kappa shape index (κ2) is 8.28. The average molecular weight is 240 g/mol. The van der Waals surface area contributed by atoms with Crippen LogP contribution in [-0.4, -0.2) is 45.3 Å². The molecule has 17 heavy (non-hydrogen) atoms. The van der Waals surface area contributed by atoms with Crippen LogP contribution in [0.15, 0.2) is 22.8 Å². The summed E-state index contributed by atoms with van der Waals surface area (Å²) in [5.41, 5.74) is 0. The third-order valence-electron chi connectivity index (χ3n) is 2.80. The number of hydrogen-bond acceptors (Lipinski definition) is 4. The van der Waals surface area contributed by atoms with Crippen LogP contribution in [0.4, 0.5) is 0 Å². The molecule has 0 aromatic carbocycles. The van der Waals surface area contributed by atoms with Gasteiger partial charge in [-0.15, -0.1) is 0 Å². The molecule has 0 aliphatic carbocycles. The van der Waals surface area contributed by atoms with Crippen LogP contribution in [0.25, 0.3) is 0 Å². The Hall–Kier alpha value is -0.840. The van der Waals surface area contributed by atoms with Crippen LogP contribution >= 0.6 is 0 Å². The van der Waals surface area contributed by atoms with Gasteiger partial charge < -0.3 is 19.4 Å². The van der Waals surface area contributed by atoms with Gasteiger partial charge in [0.2, 0.25) is 0 Å². The number of rotatable bonds is 9. The summed E-state index contributed by atoms with van der Waals surface area (Å²) in [5.74, 6) is 0.993. The van der Waals surface area contributed by atoms with E-state index in [9.17, 15) is 0 Å². The molecule has 0 fully saturated rings. The van der Waals surface area contributed by atoms with Gasteiger partial charge in [0, 0.05) is 33.4 Å². The molecule has 1 rings (SSSR count). The van der Waals surface area contributed by atoms with E-state index in [1.807, 2.05) is 12.1 Å². The standard InChI is InChI=1S/C13H24N2O2/c1-12(13-6-4-11-17-13)14-7-9-15(2)8-5-10-16-3/h4,6,11-12,14H,5,7-10H2,1-3H3. The van der Waals surface area contributed by atoms with Crippen LogP contribution in [0.3, 0.4) is 0 Å². The number of ether oxygens (including phenoxy) is 1. The molecule has 1 heterocycles. The van der Waals surface area contributed by atoms with Crippen molar-refractivity contribution < 1.29 is 9.15 Å². The molecule has 1 unspecified atom stereocenters. The minimum Gasteiger partial charge on any atom is -0.468 e. The lowest BCUT2D eigenvalue weighted by molar-refractivity contribution is 0.179. The van der Waals surface area contributed by atoms with Crippen molar-refractivity contribution in [3.63, 3.8) is 0 Å². The number of furan rings is 1. The Bertz CT molecular complexity index is 275. The highest BCUT2D eigenvalue weighted by molar-refractivity contribution is 5.02. The van der Waals surface area contributed by atoms with Crippen molar-refractivity contribution in [3.05, 3.63) is 24.2 Å². The average Bonchev–Trinajstić information content (AvgIpc) is 2.82. The molecule has 1 aromatic heterocycles. The van der Waals surface area contributed by atoms with Crippen LogP contribution < -0.4 is 5.32 Å². The fourth-order valence-corrected chi connectivity index (χ4v) is 1.70. The maximum atomic E-state index is 5.34. The molecule has 1 N–H and O–H groups in total. The number of nitrogens with one attached hydrogen (secondary N) is 1. The predicted octanol–water partition coefficient (Wildman–Crippen LogP) is 1.90. The lowest BCUT2D eigenvalue weighted by Crippen LogP contribution is -2.31. The van der Waals surface area contributed by atoms with Gasteiger partial charge in [0.15, 0.2) is 0 Å². The zero-order chi connectivity index (χ0) is 12.5. The van der Waals surface area contributed by atoms with Crippen LogP contribution in [0, 0.1) is 0 Å². The highest BCUT2D eigenvalue weighted by Crippen LogP contribution is 2.11. The monoisotopic (exact) mass is 240 g/mol. The van der Waals surface area contributed by atoms with Crippen molar-refractivity contribution >= 4 is 0 Å². The molecule has 0 bridgehead atoms. The smallest absolute Gasteiger partial charge is 0.120 e. The molecule has 0 saturated heterocycles. The highest BCUT2D eigenvalue weighted by Gasteiger charge is 2.07. The summed E-state index contributed by atoms with van der Waals surface area (Å²) in [6.07, 6.45) is 2.80. The molecule has 0 spiro atoms. The molecule has 0 amide bonds. The van der Waals surface area contributed by atoms with E-state index in [4.69, 9.17) is 9.15 Å². The van der Waals surface area contributed by atoms with Crippen molar-refractivity contribution in [1.29, 1.82) is 0 Å². The lowest BCUT2D eigenvalue weighted by Gasteiger charge is -2.18. The second-order valence-electron chi connectivity index (χ2n) is 4.34. The summed E-state index contributed by atoms with van der Waals surface area (Å²) >= 11 is 0. The van der Waals surface area contributed by atoms with Crippen molar-refractivity contribution in [2.24, 2.45) is 0 Å². The molecule has 4 nitrogen and oxygen atoms in total. The summed E-state index contributed by atoms with van der Waals surface area (Å²) in [4.78, 5) is 2.31. The normalized spacial score (nSPS) is 13.2. The molecule has 0 saturated carbocycles. The van der Waals surface area contributed by atoms with Gasteiger partial charge in [-0.05, 0) is 32.5 Å². The molecule has 0 aliphatic rings. The van der Waals surface area contributed by atoms with E-state index in [2.05, 4.69) is 24.2 Å². The Morgan fingerprint density at radius 1 is 1.47 bits per heavy atom. The van der Waals surface area contributed by atoms with E-state index < -0.39 is 0 Å². The molecule has 98 valence electrons. The van der Waals surface area contributed by atoms with Gasteiger partial charge in [-0.25, -0.2) is 0 Å². The summed E-state index contributed by atoms with van der Waals surface area (Å²) in [7, 11) is 3.88. The fraction of sp³-hybridized carbons (Fsp3) is 0.692. The number of nitrogens with zero attached hydrogens (tertiary/aromatic N) is 1. The Labute approximate surface area is 104 Å². The lowest BCUT2D eigenvalue weighted by atomic mass is 10.2. The third-order valence-corrected chi connectivity index (χ3v) is 2.80. The minimum atomic E-state index is 0.275. The highest BCUT2D eigenvalue weighted by atomic mass is 16.5. The Balaban J connectivity index is 2.06. The SMILES string of the molecule is COCCCN(C)CCNC(C)c1ccco1. The molecular weight excluding hydrogens is 216 g/mol. The Kier molecular flexibility index (Phi) is 6.93. The van der Waals surface area contributed by atoms with E-state index >= 15 is 0 Å². The first kappa shape index (κ1) is 14.2. The molecule has 0 aliphatic heterocycles. The van der Waals surface area contributed by atoms with Gasteiger partial charge in [-0.3, -0.25) is 0 Å². The number of methoxy groups -OCH3 is 1. The van der Waals surface area contributed by atoms with Gasteiger partial charge in [0.1, 0.15) is 5.76 Å². The number of hydrogen-bond donors (Lipinski definition) is 1. The zero-order valence-electron chi connectivity index (χ0n) is 11.1. The first-order chi connectivity index (χ1) is 8.24. The molecular formula is C13H24N2O2. The topological polar surface area (TPSA) is 37.6 Å². The summed E-state index contributed by atoms with van der Waals surface area (Å²) in [6.45, 7) is 6.02.